The summed E-state index contributed by atoms with van der Waals surface area (Å²) in [7, 11) is 0. The maximum Gasteiger partial charge on any atom is 0.0710 e. The molecule has 0 aliphatic carbocycles. The van der Waals surface area contributed by atoms with Crippen molar-refractivity contribution in [3.05, 3.63) is 89.0 Å². The summed E-state index contributed by atoms with van der Waals surface area (Å²) in [5.74, 6) is 1.45. The van der Waals surface area contributed by atoms with Crippen molar-refractivity contribution >= 4 is 10.9 Å². The highest BCUT2D eigenvalue weighted by Gasteiger charge is 2.19. The molecule has 0 unspecified atom stereocenters. The summed E-state index contributed by atoms with van der Waals surface area (Å²) in [6.45, 7) is 16.0. The quantitative estimate of drug-likeness (QED) is 0.313. The third-order valence-electron chi connectivity index (χ3n) is 6.39. The third kappa shape index (κ3) is 4.35. The van der Waals surface area contributed by atoms with E-state index in [9.17, 15) is 0 Å². The van der Waals surface area contributed by atoms with Crippen molar-refractivity contribution < 1.29 is 0 Å². The lowest BCUT2D eigenvalue weighted by Gasteiger charge is -2.24. The van der Waals surface area contributed by atoms with Crippen LogP contribution in [0.15, 0.2) is 66.7 Å². The minimum absolute atomic E-state index is 0.462. The molecule has 0 saturated heterocycles. The molecule has 0 amide bonds. The first-order chi connectivity index (χ1) is 15.2. The van der Waals surface area contributed by atoms with Crippen molar-refractivity contribution in [2.75, 3.05) is 0 Å². The van der Waals surface area contributed by atoms with Gasteiger partial charge in [0.1, 0.15) is 0 Å². The van der Waals surface area contributed by atoms with E-state index in [-0.39, 0.29) is 0 Å². The van der Waals surface area contributed by atoms with Crippen LogP contribution >= 0.6 is 0 Å². The van der Waals surface area contributed by atoms with Gasteiger partial charge in [-0.2, -0.15) is 0 Å². The molecule has 0 atom stereocenters. The highest BCUT2D eigenvalue weighted by Crippen LogP contribution is 2.40. The molecule has 164 valence electrons. The van der Waals surface area contributed by atoms with Gasteiger partial charge in [0, 0.05) is 10.9 Å². The fourth-order valence-electron chi connectivity index (χ4n) is 4.59. The molecule has 0 aliphatic heterocycles. The van der Waals surface area contributed by atoms with Gasteiger partial charge in [0.15, 0.2) is 0 Å². The lowest BCUT2D eigenvalue weighted by atomic mass is 9.81. The van der Waals surface area contributed by atoms with Crippen molar-refractivity contribution in [2.45, 2.75) is 66.2 Å². The van der Waals surface area contributed by atoms with Crippen LogP contribution < -0.4 is 0 Å². The van der Waals surface area contributed by atoms with E-state index in [1.807, 2.05) is 0 Å². The van der Waals surface area contributed by atoms with Crippen LogP contribution in [-0.2, 0) is 0 Å². The largest absolute Gasteiger partial charge is 0.248 e. The van der Waals surface area contributed by atoms with Gasteiger partial charge in [-0.05, 0) is 82.3 Å². The van der Waals surface area contributed by atoms with Gasteiger partial charge >= 0.3 is 0 Å². The van der Waals surface area contributed by atoms with Crippen LogP contribution in [0.3, 0.4) is 0 Å². The normalized spacial score (nSPS) is 11.8. The molecule has 1 heteroatoms. The monoisotopic (exact) mass is 421 g/mol. The Morgan fingerprint density at radius 3 is 1.88 bits per heavy atom. The number of hydrogen-bond donors (Lipinski definition) is 0. The number of pyridine rings is 1. The zero-order chi connectivity index (χ0) is 23.0. The molecule has 4 aromatic rings. The van der Waals surface area contributed by atoms with Crippen LogP contribution in [0, 0.1) is 6.92 Å². The lowest BCUT2D eigenvalue weighted by Crippen LogP contribution is -2.04. The summed E-state index contributed by atoms with van der Waals surface area (Å²) in [6, 6.07) is 24.5. The third-order valence-corrected chi connectivity index (χ3v) is 6.39. The Kier molecular flexibility index (Phi) is 6.20. The number of fused-ring (bicyclic) bond motifs is 1. The molecule has 0 saturated carbocycles. The molecule has 0 aliphatic rings. The Morgan fingerprint density at radius 2 is 1.25 bits per heavy atom. The molecule has 0 spiro atoms. The van der Waals surface area contributed by atoms with Crippen molar-refractivity contribution in [3.63, 3.8) is 0 Å². The van der Waals surface area contributed by atoms with Crippen molar-refractivity contribution in [2.24, 2.45) is 0 Å². The average molecular weight is 422 g/mol. The zero-order valence-electron chi connectivity index (χ0n) is 20.5. The van der Waals surface area contributed by atoms with E-state index >= 15 is 0 Å². The van der Waals surface area contributed by atoms with Gasteiger partial charge < -0.3 is 0 Å². The van der Waals surface area contributed by atoms with Crippen LogP contribution in [-0.4, -0.2) is 4.98 Å². The fourth-order valence-corrected chi connectivity index (χ4v) is 4.59. The number of benzene rings is 3. The van der Waals surface area contributed by atoms with E-state index in [1.165, 1.54) is 44.3 Å². The molecule has 4 rings (SSSR count). The molecule has 1 nitrogen and oxygen atoms in total. The number of hydrogen-bond acceptors (Lipinski definition) is 1. The van der Waals surface area contributed by atoms with Gasteiger partial charge in [0.25, 0.3) is 0 Å². The van der Waals surface area contributed by atoms with E-state index in [1.54, 1.807) is 0 Å². The Hall–Kier alpha value is -2.93. The van der Waals surface area contributed by atoms with Crippen molar-refractivity contribution in [1.82, 2.24) is 4.98 Å². The predicted molar refractivity (Wildman–Crippen MR) is 140 cm³/mol. The second kappa shape index (κ2) is 8.90. The summed E-state index contributed by atoms with van der Waals surface area (Å²) in [4.78, 5) is 4.97. The van der Waals surface area contributed by atoms with E-state index in [2.05, 4.69) is 115 Å². The van der Waals surface area contributed by atoms with Gasteiger partial charge in [-0.25, -0.2) is 4.98 Å². The molecule has 32 heavy (non-hydrogen) atoms. The summed E-state index contributed by atoms with van der Waals surface area (Å²) in [6.07, 6.45) is 0. The minimum atomic E-state index is 0.462. The lowest BCUT2D eigenvalue weighted by molar-refractivity contribution is 0.807. The summed E-state index contributed by atoms with van der Waals surface area (Å²) in [5.41, 5.74) is 11.6. The number of para-hydroxylation sites is 1. The maximum absolute atomic E-state index is 4.97. The standard InChI is InChI=1S/C31H35N/c1-19(2)24-17-27(20(3)4)31(28(18-24)21(5)6)26-15-22(7)14-25(16-26)30-13-12-23-10-8-9-11-29(23)32-30/h8-21H,1-7H3. The van der Waals surface area contributed by atoms with Crippen LogP contribution in [0.5, 0.6) is 0 Å². The Balaban J connectivity index is 1.95. The second-order valence-corrected chi connectivity index (χ2v) is 10.0. The highest BCUT2D eigenvalue weighted by molar-refractivity contribution is 5.83. The smallest absolute Gasteiger partial charge is 0.0710 e. The first-order valence-electron chi connectivity index (χ1n) is 11.9. The number of nitrogens with zero attached hydrogens (tertiary/aromatic N) is 1. The maximum atomic E-state index is 4.97. The average Bonchev–Trinajstić information content (AvgIpc) is 2.77. The van der Waals surface area contributed by atoms with Crippen LogP contribution in [0.2, 0.25) is 0 Å². The van der Waals surface area contributed by atoms with E-state index in [0.717, 1.165) is 11.2 Å². The van der Waals surface area contributed by atoms with Crippen molar-refractivity contribution in [1.29, 1.82) is 0 Å². The molecule has 0 fully saturated rings. The molecule has 1 heterocycles. The minimum Gasteiger partial charge on any atom is -0.248 e. The van der Waals surface area contributed by atoms with Crippen LogP contribution in [0.4, 0.5) is 0 Å². The number of rotatable bonds is 5. The topological polar surface area (TPSA) is 12.9 Å². The first kappa shape index (κ1) is 22.3. The Bertz CT molecular complexity index is 1230. The van der Waals surface area contributed by atoms with Gasteiger partial charge in [0.2, 0.25) is 0 Å². The van der Waals surface area contributed by atoms with Gasteiger partial charge in [-0.1, -0.05) is 84.0 Å². The molecule has 0 N–H and O–H groups in total. The van der Waals surface area contributed by atoms with E-state index in [4.69, 9.17) is 4.98 Å². The molecule has 3 aromatic carbocycles. The molecule has 0 bridgehead atoms. The van der Waals surface area contributed by atoms with Crippen molar-refractivity contribution in [3.8, 4) is 22.4 Å². The Morgan fingerprint density at radius 1 is 0.625 bits per heavy atom. The summed E-state index contributed by atoms with van der Waals surface area (Å²) < 4.78 is 0. The van der Waals surface area contributed by atoms with Gasteiger partial charge in [-0.15, -0.1) is 0 Å². The van der Waals surface area contributed by atoms with Crippen LogP contribution in [0.25, 0.3) is 33.3 Å². The molecular formula is C31H35N. The number of aryl methyl sites for hydroxylation is 1. The second-order valence-electron chi connectivity index (χ2n) is 10.0. The summed E-state index contributed by atoms with van der Waals surface area (Å²) in [5, 5.41) is 1.18. The first-order valence-corrected chi connectivity index (χ1v) is 11.9. The van der Waals surface area contributed by atoms with Crippen LogP contribution in [0.1, 0.15) is 81.5 Å². The zero-order valence-corrected chi connectivity index (χ0v) is 20.5. The number of aromatic nitrogens is 1. The molecular weight excluding hydrogens is 386 g/mol. The molecule has 1 aromatic heterocycles. The van der Waals surface area contributed by atoms with Gasteiger partial charge in [-0.3, -0.25) is 0 Å². The molecule has 0 radical (unpaired) electrons. The summed E-state index contributed by atoms with van der Waals surface area (Å²) >= 11 is 0. The Labute approximate surface area is 193 Å². The SMILES string of the molecule is Cc1cc(-c2ccc3ccccc3n2)cc(-c2c(C(C)C)cc(C(C)C)cc2C(C)C)c1. The van der Waals surface area contributed by atoms with E-state index < -0.39 is 0 Å². The fraction of sp³-hybridized carbons (Fsp3) is 0.323. The van der Waals surface area contributed by atoms with E-state index in [0.29, 0.717) is 17.8 Å². The van der Waals surface area contributed by atoms with Gasteiger partial charge in [0.05, 0.1) is 11.2 Å². The predicted octanol–water partition coefficient (Wildman–Crippen LogP) is 9.25. The highest BCUT2D eigenvalue weighted by atomic mass is 14.7.